The van der Waals surface area contributed by atoms with Crippen molar-refractivity contribution < 1.29 is 0 Å². The highest BCUT2D eigenvalue weighted by atomic mass is 79.9. The monoisotopic (exact) mass is 230 g/mol. The summed E-state index contributed by atoms with van der Waals surface area (Å²) in [6.45, 7) is 0. The van der Waals surface area contributed by atoms with Gasteiger partial charge in [0.25, 0.3) is 0 Å². The maximum absolute atomic E-state index is 4.17. The third-order valence-electron chi connectivity index (χ3n) is 1.56. The molecule has 1 aromatic carbocycles. The second-order valence-corrected chi connectivity index (χ2v) is 3.72. The van der Waals surface area contributed by atoms with Crippen LogP contribution >= 0.6 is 28.6 Å². The summed E-state index contributed by atoms with van der Waals surface area (Å²) in [5.74, 6) is 0.960. The van der Waals surface area contributed by atoms with E-state index in [0.717, 1.165) is 18.6 Å². The van der Waals surface area contributed by atoms with Crippen LogP contribution in [0.5, 0.6) is 0 Å². The summed E-state index contributed by atoms with van der Waals surface area (Å²) in [7, 11) is 0. The number of hydrogen-bond acceptors (Lipinski definition) is 1. The highest BCUT2D eigenvalue weighted by Gasteiger charge is 1.95. The van der Waals surface area contributed by atoms with Gasteiger partial charge in [0.1, 0.15) is 0 Å². The van der Waals surface area contributed by atoms with Crippen LogP contribution < -0.4 is 0 Å². The number of rotatable bonds is 3. The van der Waals surface area contributed by atoms with Gasteiger partial charge in [-0.2, -0.15) is 12.6 Å². The Morgan fingerprint density at radius 2 is 2.00 bits per heavy atom. The molecule has 0 radical (unpaired) electrons. The minimum absolute atomic E-state index is 0.960. The number of halogens is 1. The summed E-state index contributed by atoms with van der Waals surface area (Å²) in [6, 6.07) is 8.33. The molecule has 0 amide bonds. The van der Waals surface area contributed by atoms with Crippen molar-refractivity contribution in [2.75, 3.05) is 5.75 Å². The van der Waals surface area contributed by atoms with E-state index in [9.17, 15) is 0 Å². The Bertz CT molecular complexity index is 223. The highest BCUT2D eigenvalue weighted by molar-refractivity contribution is 9.10. The minimum atomic E-state index is 0.960. The molecule has 0 aromatic heterocycles. The quantitative estimate of drug-likeness (QED) is 0.758. The van der Waals surface area contributed by atoms with Crippen molar-refractivity contribution in [2.24, 2.45) is 0 Å². The van der Waals surface area contributed by atoms with Gasteiger partial charge in [0.2, 0.25) is 0 Å². The zero-order chi connectivity index (χ0) is 8.10. The predicted molar refractivity (Wildman–Crippen MR) is 56.3 cm³/mol. The molecule has 0 saturated heterocycles. The normalized spacial score (nSPS) is 10.0. The van der Waals surface area contributed by atoms with Crippen LogP contribution in [0.3, 0.4) is 0 Å². The van der Waals surface area contributed by atoms with E-state index >= 15 is 0 Å². The smallest absolute Gasteiger partial charge is 0.0207 e. The molecule has 0 N–H and O–H groups in total. The van der Waals surface area contributed by atoms with Crippen molar-refractivity contribution in [1.29, 1.82) is 0 Å². The predicted octanol–water partition coefficient (Wildman–Crippen LogP) is 3.31. The Balaban J connectivity index is 2.62. The molecule has 0 fully saturated rings. The fourth-order valence-electron chi connectivity index (χ4n) is 0.971. The largest absolute Gasteiger partial charge is 0.179 e. The van der Waals surface area contributed by atoms with Crippen LogP contribution in [0, 0.1) is 0 Å². The molecule has 0 spiro atoms. The van der Waals surface area contributed by atoms with Gasteiger partial charge in [-0.25, -0.2) is 0 Å². The van der Waals surface area contributed by atoms with Gasteiger partial charge in [0.15, 0.2) is 0 Å². The first-order valence-corrected chi connectivity index (χ1v) is 5.11. The van der Waals surface area contributed by atoms with Crippen molar-refractivity contribution in [3.63, 3.8) is 0 Å². The first-order chi connectivity index (χ1) is 5.34. The standard InChI is InChI=1S/C9H11BrS/c10-9-6-2-1-4-8(9)5-3-7-11/h1-2,4,6,11H,3,5,7H2. The molecule has 0 atom stereocenters. The Hall–Kier alpha value is 0.0500. The average Bonchev–Trinajstić information content (AvgIpc) is 2.03. The van der Waals surface area contributed by atoms with Gasteiger partial charge in [-0.05, 0) is 30.2 Å². The van der Waals surface area contributed by atoms with Crippen LogP contribution in [0.15, 0.2) is 28.7 Å². The fraction of sp³-hybridized carbons (Fsp3) is 0.333. The van der Waals surface area contributed by atoms with Gasteiger partial charge in [0.05, 0.1) is 0 Å². The summed E-state index contributed by atoms with van der Waals surface area (Å²) in [6.07, 6.45) is 2.26. The van der Waals surface area contributed by atoms with Crippen molar-refractivity contribution >= 4 is 28.6 Å². The lowest BCUT2D eigenvalue weighted by atomic mass is 10.1. The summed E-state index contributed by atoms with van der Waals surface area (Å²) in [5, 5.41) is 0. The molecule has 0 aliphatic carbocycles. The van der Waals surface area contributed by atoms with Crippen LogP contribution in [-0.4, -0.2) is 5.75 Å². The summed E-state index contributed by atoms with van der Waals surface area (Å²) >= 11 is 7.67. The minimum Gasteiger partial charge on any atom is -0.179 e. The molecule has 0 saturated carbocycles. The lowest BCUT2D eigenvalue weighted by molar-refractivity contribution is 0.931. The van der Waals surface area contributed by atoms with Crippen LogP contribution in [0.25, 0.3) is 0 Å². The fourth-order valence-corrected chi connectivity index (χ4v) is 1.61. The molecule has 1 aromatic rings. The second kappa shape index (κ2) is 4.83. The van der Waals surface area contributed by atoms with E-state index in [4.69, 9.17) is 0 Å². The first kappa shape index (κ1) is 9.14. The van der Waals surface area contributed by atoms with E-state index in [0.29, 0.717) is 0 Å². The molecular formula is C9H11BrS. The zero-order valence-electron chi connectivity index (χ0n) is 6.26. The SMILES string of the molecule is SCCCc1ccccc1Br. The highest BCUT2D eigenvalue weighted by Crippen LogP contribution is 2.17. The van der Waals surface area contributed by atoms with Crippen LogP contribution in [0.4, 0.5) is 0 Å². The van der Waals surface area contributed by atoms with Crippen LogP contribution in [-0.2, 0) is 6.42 Å². The van der Waals surface area contributed by atoms with E-state index in [1.54, 1.807) is 0 Å². The van der Waals surface area contributed by atoms with Crippen molar-refractivity contribution in [1.82, 2.24) is 0 Å². The molecule has 0 aliphatic rings. The lowest BCUT2D eigenvalue weighted by Crippen LogP contribution is -1.86. The van der Waals surface area contributed by atoms with Crippen molar-refractivity contribution in [3.05, 3.63) is 34.3 Å². The van der Waals surface area contributed by atoms with E-state index in [1.807, 2.05) is 6.07 Å². The molecule has 1 rings (SSSR count). The van der Waals surface area contributed by atoms with Crippen LogP contribution in [0.2, 0.25) is 0 Å². The molecule has 11 heavy (non-hydrogen) atoms. The second-order valence-electron chi connectivity index (χ2n) is 2.42. The molecule has 0 aliphatic heterocycles. The number of hydrogen-bond donors (Lipinski definition) is 1. The topological polar surface area (TPSA) is 0 Å². The van der Waals surface area contributed by atoms with E-state index < -0.39 is 0 Å². The van der Waals surface area contributed by atoms with E-state index in [1.165, 1.54) is 10.0 Å². The molecule has 0 nitrogen and oxygen atoms in total. The molecule has 2 heteroatoms. The molecular weight excluding hydrogens is 220 g/mol. The average molecular weight is 231 g/mol. The van der Waals surface area contributed by atoms with Gasteiger partial charge in [-0.3, -0.25) is 0 Å². The van der Waals surface area contributed by atoms with Gasteiger partial charge in [-0.1, -0.05) is 34.1 Å². The Kier molecular flexibility index (Phi) is 4.02. The first-order valence-electron chi connectivity index (χ1n) is 3.69. The molecule has 0 heterocycles. The van der Waals surface area contributed by atoms with Gasteiger partial charge < -0.3 is 0 Å². The summed E-state index contributed by atoms with van der Waals surface area (Å²) in [5.41, 5.74) is 1.38. The Labute approximate surface area is 81.5 Å². The Morgan fingerprint density at radius 1 is 1.27 bits per heavy atom. The summed E-state index contributed by atoms with van der Waals surface area (Å²) < 4.78 is 1.21. The van der Waals surface area contributed by atoms with Gasteiger partial charge >= 0.3 is 0 Å². The number of benzene rings is 1. The molecule has 0 bridgehead atoms. The maximum atomic E-state index is 4.17. The van der Waals surface area contributed by atoms with Crippen LogP contribution in [0.1, 0.15) is 12.0 Å². The van der Waals surface area contributed by atoms with Crippen molar-refractivity contribution in [2.45, 2.75) is 12.8 Å². The molecule has 60 valence electrons. The van der Waals surface area contributed by atoms with Crippen molar-refractivity contribution in [3.8, 4) is 0 Å². The third-order valence-corrected chi connectivity index (χ3v) is 2.65. The number of aryl methyl sites for hydroxylation is 1. The summed E-state index contributed by atoms with van der Waals surface area (Å²) in [4.78, 5) is 0. The van der Waals surface area contributed by atoms with E-state index in [-0.39, 0.29) is 0 Å². The van der Waals surface area contributed by atoms with Gasteiger partial charge in [0, 0.05) is 4.47 Å². The van der Waals surface area contributed by atoms with E-state index in [2.05, 4.69) is 46.8 Å². The number of thiol groups is 1. The zero-order valence-corrected chi connectivity index (χ0v) is 8.74. The van der Waals surface area contributed by atoms with Gasteiger partial charge in [-0.15, -0.1) is 0 Å². The Morgan fingerprint density at radius 3 is 2.64 bits per heavy atom. The lowest BCUT2D eigenvalue weighted by Gasteiger charge is -2.01. The maximum Gasteiger partial charge on any atom is 0.0207 e. The molecule has 0 unspecified atom stereocenters. The third kappa shape index (κ3) is 2.88.